The van der Waals surface area contributed by atoms with Crippen molar-refractivity contribution in [2.75, 3.05) is 0 Å². The van der Waals surface area contributed by atoms with Crippen LogP contribution in [0.1, 0.15) is 63.4 Å². The summed E-state index contributed by atoms with van der Waals surface area (Å²) in [6, 6.07) is 2.10. The fourth-order valence-electron chi connectivity index (χ4n) is 2.60. The Hall–Kier alpha value is -1.58. The SMILES string of the molecule is CCn1ncc(Cn2nccc2C(C)C)c1C(C)C. The Kier molecular flexibility index (Phi) is 4.08. The molecule has 4 heteroatoms. The molecular weight excluding hydrogens is 236 g/mol. The lowest BCUT2D eigenvalue weighted by Crippen LogP contribution is -2.11. The van der Waals surface area contributed by atoms with Gasteiger partial charge in [0.15, 0.2) is 0 Å². The molecule has 0 saturated heterocycles. The predicted molar refractivity (Wildman–Crippen MR) is 77.4 cm³/mol. The van der Waals surface area contributed by atoms with Crippen LogP contribution in [0.5, 0.6) is 0 Å². The minimum atomic E-state index is 0.482. The van der Waals surface area contributed by atoms with Gasteiger partial charge in [-0.15, -0.1) is 0 Å². The maximum absolute atomic E-state index is 4.49. The average Bonchev–Trinajstić information content (AvgIpc) is 2.95. The van der Waals surface area contributed by atoms with Crippen molar-refractivity contribution < 1.29 is 0 Å². The van der Waals surface area contributed by atoms with Crippen molar-refractivity contribution >= 4 is 0 Å². The molecule has 4 nitrogen and oxygen atoms in total. The summed E-state index contributed by atoms with van der Waals surface area (Å²) in [4.78, 5) is 0. The van der Waals surface area contributed by atoms with Crippen LogP contribution in [0.4, 0.5) is 0 Å². The highest BCUT2D eigenvalue weighted by molar-refractivity contribution is 5.22. The van der Waals surface area contributed by atoms with Crippen LogP contribution in [-0.2, 0) is 13.1 Å². The maximum atomic E-state index is 4.49. The standard InChI is InChI=1S/C15H24N4/c1-6-18-15(12(4)5)13(9-17-18)10-19-14(11(2)3)7-8-16-19/h7-9,11-12H,6,10H2,1-5H3. The van der Waals surface area contributed by atoms with Crippen molar-refractivity contribution in [3.05, 3.63) is 35.4 Å². The van der Waals surface area contributed by atoms with Gasteiger partial charge >= 0.3 is 0 Å². The topological polar surface area (TPSA) is 35.6 Å². The third-order valence-corrected chi connectivity index (χ3v) is 3.47. The van der Waals surface area contributed by atoms with Crippen molar-refractivity contribution in [2.24, 2.45) is 0 Å². The van der Waals surface area contributed by atoms with E-state index in [4.69, 9.17) is 0 Å². The second-order valence-electron chi connectivity index (χ2n) is 5.59. The molecule has 0 fully saturated rings. The highest BCUT2D eigenvalue weighted by atomic mass is 15.3. The van der Waals surface area contributed by atoms with E-state index in [0.717, 1.165) is 13.1 Å². The molecule has 0 saturated carbocycles. The molecule has 19 heavy (non-hydrogen) atoms. The highest BCUT2D eigenvalue weighted by Crippen LogP contribution is 2.22. The van der Waals surface area contributed by atoms with Gasteiger partial charge in [0.2, 0.25) is 0 Å². The second kappa shape index (κ2) is 5.59. The first-order valence-electron chi connectivity index (χ1n) is 7.10. The quantitative estimate of drug-likeness (QED) is 0.826. The molecule has 0 aromatic carbocycles. The largest absolute Gasteiger partial charge is 0.269 e. The Morgan fingerprint density at radius 3 is 2.37 bits per heavy atom. The molecule has 0 spiro atoms. The van der Waals surface area contributed by atoms with E-state index in [1.54, 1.807) is 0 Å². The van der Waals surface area contributed by atoms with Gasteiger partial charge in [-0.25, -0.2) is 0 Å². The van der Waals surface area contributed by atoms with Gasteiger partial charge in [-0.1, -0.05) is 27.7 Å². The van der Waals surface area contributed by atoms with Gasteiger partial charge in [-0.2, -0.15) is 10.2 Å². The number of aromatic nitrogens is 4. The van der Waals surface area contributed by atoms with Crippen molar-refractivity contribution in [3.8, 4) is 0 Å². The Labute approximate surface area is 115 Å². The van der Waals surface area contributed by atoms with Crippen LogP contribution in [0.25, 0.3) is 0 Å². The fraction of sp³-hybridized carbons (Fsp3) is 0.600. The van der Waals surface area contributed by atoms with E-state index in [9.17, 15) is 0 Å². The number of aryl methyl sites for hydroxylation is 1. The van der Waals surface area contributed by atoms with Crippen LogP contribution in [0.2, 0.25) is 0 Å². The van der Waals surface area contributed by atoms with Gasteiger partial charge in [0.1, 0.15) is 0 Å². The lowest BCUT2D eigenvalue weighted by molar-refractivity contribution is 0.580. The van der Waals surface area contributed by atoms with Gasteiger partial charge < -0.3 is 0 Å². The van der Waals surface area contributed by atoms with E-state index in [2.05, 4.69) is 60.2 Å². The summed E-state index contributed by atoms with van der Waals surface area (Å²) in [5.74, 6) is 0.974. The summed E-state index contributed by atoms with van der Waals surface area (Å²) in [6.45, 7) is 12.7. The molecule has 0 aliphatic heterocycles. The van der Waals surface area contributed by atoms with Crippen LogP contribution in [0, 0.1) is 0 Å². The van der Waals surface area contributed by atoms with Gasteiger partial charge in [-0.3, -0.25) is 9.36 Å². The minimum Gasteiger partial charge on any atom is -0.269 e. The lowest BCUT2D eigenvalue weighted by atomic mass is 10.1. The first kappa shape index (κ1) is 13.8. The van der Waals surface area contributed by atoms with Crippen molar-refractivity contribution in [1.29, 1.82) is 0 Å². The van der Waals surface area contributed by atoms with Crippen LogP contribution < -0.4 is 0 Å². The Balaban J connectivity index is 2.33. The molecule has 0 unspecified atom stereocenters. The van der Waals surface area contributed by atoms with Crippen molar-refractivity contribution in [2.45, 2.75) is 59.5 Å². The van der Waals surface area contributed by atoms with Crippen molar-refractivity contribution in [1.82, 2.24) is 19.6 Å². The normalized spacial score (nSPS) is 11.7. The van der Waals surface area contributed by atoms with Gasteiger partial charge in [0.25, 0.3) is 0 Å². The van der Waals surface area contributed by atoms with E-state index in [-0.39, 0.29) is 0 Å². The Morgan fingerprint density at radius 2 is 1.79 bits per heavy atom. The summed E-state index contributed by atoms with van der Waals surface area (Å²) in [6.07, 6.45) is 3.87. The molecule has 104 valence electrons. The third-order valence-electron chi connectivity index (χ3n) is 3.47. The molecule has 2 aromatic rings. The van der Waals surface area contributed by atoms with Crippen LogP contribution in [0.3, 0.4) is 0 Å². The molecular formula is C15H24N4. The van der Waals surface area contributed by atoms with E-state index in [1.165, 1.54) is 17.0 Å². The number of hydrogen-bond donors (Lipinski definition) is 0. The molecule has 0 bridgehead atoms. The molecule has 0 aliphatic rings. The van der Waals surface area contributed by atoms with Crippen LogP contribution in [0.15, 0.2) is 18.5 Å². The van der Waals surface area contributed by atoms with E-state index < -0.39 is 0 Å². The summed E-state index contributed by atoms with van der Waals surface area (Å²) < 4.78 is 4.19. The van der Waals surface area contributed by atoms with E-state index in [0.29, 0.717) is 11.8 Å². The lowest BCUT2D eigenvalue weighted by Gasteiger charge is -2.13. The summed E-state index contributed by atoms with van der Waals surface area (Å²) >= 11 is 0. The van der Waals surface area contributed by atoms with E-state index >= 15 is 0 Å². The fourth-order valence-corrected chi connectivity index (χ4v) is 2.60. The first-order valence-corrected chi connectivity index (χ1v) is 7.10. The zero-order valence-corrected chi connectivity index (χ0v) is 12.6. The number of nitrogens with zero attached hydrogens (tertiary/aromatic N) is 4. The van der Waals surface area contributed by atoms with E-state index in [1.807, 2.05) is 12.4 Å². The van der Waals surface area contributed by atoms with Crippen LogP contribution in [-0.4, -0.2) is 19.6 Å². The highest BCUT2D eigenvalue weighted by Gasteiger charge is 2.15. The molecule has 2 aromatic heterocycles. The zero-order chi connectivity index (χ0) is 14.0. The first-order chi connectivity index (χ1) is 9.04. The third kappa shape index (κ3) is 2.72. The summed E-state index contributed by atoms with van der Waals surface area (Å²) in [5, 5.41) is 8.93. The maximum Gasteiger partial charge on any atom is 0.0696 e. The molecule has 0 amide bonds. The van der Waals surface area contributed by atoms with Crippen LogP contribution >= 0.6 is 0 Å². The summed E-state index contributed by atoms with van der Waals surface area (Å²) in [7, 11) is 0. The van der Waals surface area contributed by atoms with Gasteiger partial charge in [0.05, 0.1) is 12.7 Å². The molecule has 2 rings (SSSR count). The predicted octanol–water partition coefficient (Wildman–Crippen LogP) is 3.39. The smallest absolute Gasteiger partial charge is 0.0696 e. The Bertz CT molecular complexity index is 534. The monoisotopic (exact) mass is 260 g/mol. The number of rotatable bonds is 5. The van der Waals surface area contributed by atoms with Gasteiger partial charge in [-0.05, 0) is 24.8 Å². The molecule has 0 aliphatic carbocycles. The molecule has 2 heterocycles. The molecule has 0 N–H and O–H groups in total. The average molecular weight is 260 g/mol. The van der Waals surface area contributed by atoms with Gasteiger partial charge in [0, 0.05) is 29.7 Å². The minimum absolute atomic E-state index is 0.482. The summed E-state index contributed by atoms with van der Waals surface area (Å²) in [5.41, 5.74) is 3.88. The molecule has 0 radical (unpaired) electrons. The zero-order valence-electron chi connectivity index (χ0n) is 12.6. The second-order valence-corrected chi connectivity index (χ2v) is 5.59. The number of hydrogen-bond acceptors (Lipinski definition) is 2. The van der Waals surface area contributed by atoms with Crippen molar-refractivity contribution in [3.63, 3.8) is 0 Å². The molecule has 0 atom stereocenters. The Morgan fingerprint density at radius 1 is 1.05 bits per heavy atom.